The Labute approximate surface area is 91.3 Å². The molecule has 1 aliphatic rings. The SMILES string of the molecule is CC(=O)N(C)CC1CCCC(C(=N)N)C1. The van der Waals surface area contributed by atoms with Crippen LogP contribution in [0.5, 0.6) is 0 Å². The van der Waals surface area contributed by atoms with Gasteiger partial charge < -0.3 is 10.6 Å². The molecule has 2 unspecified atom stereocenters. The number of amidine groups is 1. The molecule has 15 heavy (non-hydrogen) atoms. The molecule has 1 amide bonds. The second-order valence-electron chi connectivity index (χ2n) is 4.58. The number of amides is 1. The molecule has 1 aliphatic carbocycles. The van der Waals surface area contributed by atoms with Crippen LogP contribution in [0.3, 0.4) is 0 Å². The quantitative estimate of drug-likeness (QED) is 0.544. The zero-order chi connectivity index (χ0) is 11.4. The van der Waals surface area contributed by atoms with Crippen LogP contribution in [-0.2, 0) is 4.79 Å². The average molecular weight is 211 g/mol. The minimum Gasteiger partial charge on any atom is -0.387 e. The first-order chi connectivity index (χ1) is 7.00. The van der Waals surface area contributed by atoms with Gasteiger partial charge in [0.15, 0.2) is 0 Å². The lowest BCUT2D eigenvalue weighted by atomic mass is 9.80. The minimum atomic E-state index is 0.111. The van der Waals surface area contributed by atoms with Crippen molar-refractivity contribution in [3.63, 3.8) is 0 Å². The summed E-state index contributed by atoms with van der Waals surface area (Å²) in [5.74, 6) is 1.18. The number of rotatable bonds is 3. The third kappa shape index (κ3) is 3.53. The number of nitrogens with two attached hydrogens (primary N) is 1. The Morgan fingerprint density at radius 2 is 2.20 bits per heavy atom. The Morgan fingerprint density at radius 1 is 1.53 bits per heavy atom. The van der Waals surface area contributed by atoms with Crippen LogP contribution in [0.4, 0.5) is 0 Å². The molecule has 0 saturated heterocycles. The summed E-state index contributed by atoms with van der Waals surface area (Å²) in [7, 11) is 1.83. The van der Waals surface area contributed by atoms with Crippen LogP contribution >= 0.6 is 0 Å². The van der Waals surface area contributed by atoms with Crippen molar-refractivity contribution >= 4 is 11.7 Å². The molecular formula is C11H21N3O. The van der Waals surface area contributed by atoms with Gasteiger partial charge in [0.2, 0.25) is 5.91 Å². The molecule has 0 aromatic carbocycles. The molecule has 0 radical (unpaired) electrons. The Morgan fingerprint density at radius 3 is 2.73 bits per heavy atom. The first-order valence-corrected chi connectivity index (χ1v) is 5.56. The monoisotopic (exact) mass is 211 g/mol. The van der Waals surface area contributed by atoms with E-state index in [2.05, 4.69) is 0 Å². The van der Waals surface area contributed by atoms with E-state index >= 15 is 0 Å². The van der Waals surface area contributed by atoms with Crippen LogP contribution in [0.2, 0.25) is 0 Å². The molecule has 0 heterocycles. The molecule has 0 bridgehead atoms. The summed E-state index contributed by atoms with van der Waals surface area (Å²) < 4.78 is 0. The van der Waals surface area contributed by atoms with Crippen LogP contribution in [-0.4, -0.2) is 30.2 Å². The summed E-state index contributed by atoms with van der Waals surface area (Å²) in [5.41, 5.74) is 5.52. The minimum absolute atomic E-state index is 0.111. The highest BCUT2D eigenvalue weighted by Crippen LogP contribution is 2.29. The van der Waals surface area contributed by atoms with Gasteiger partial charge >= 0.3 is 0 Å². The fraction of sp³-hybridized carbons (Fsp3) is 0.818. The molecule has 0 aromatic rings. The molecule has 4 nitrogen and oxygen atoms in total. The van der Waals surface area contributed by atoms with E-state index in [0.29, 0.717) is 11.8 Å². The molecule has 2 atom stereocenters. The first-order valence-electron chi connectivity index (χ1n) is 5.56. The summed E-state index contributed by atoms with van der Waals surface area (Å²) in [6, 6.07) is 0. The number of nitrogens with one attached hydrogen (secondary N) is 1. The van der Waals surface area contributed by atoms with E-state index in [1.165, 1.54) is 0 Å². The Kier molecular flexibility index (Phi) is 4.12. The summed E-state index contributed by atoms with van der Waals surface area (Å²) in [6.45, 7) is 2.39. The van der Waals surface area contributed by atoms with Gasteiger partial charge in [-0.1, -0.05) is 6.42 Å². The summed E-state index contributed by atoms with van der Waals surface area (Å²) in [6.07, 6.45) is 4.28. The number of nitrogens with zero attached hydrogens (tertiary/aromatic N) is 1. The van der Waals surface area contributed by atoms with Crippen molar-refractivity contribution in [3.8, 4) is 0 Å². The van der Waals surface area contributed by atoms with Crippen molar-refractivity contribution in [1.29, 1.82) is 5.41 Å². The smallest absolute Gasteiger partial charge is 0.219 e. The highest BCUT2D eigenvalue weighted by Gasteiger charge is 2.25. The Bertz CT molecular complexity index is 250. The van der Waals surface area contributed by atoms with Gasteiger partial charge in [-0.05, 0) is 25.2 Å². The third-order valence-corrected chi connectivity index (χ3v) is 3.29. The zero-order valence-electron chi connectivity index (χ0n) is 9.62. The first kappa shape index (κ1) is 12.0. The Balaban J connectivity index is 2.43. The molecular weight excluding hydrogens is 190 g/mol. The van der Waals surface area contributed by atoms with Gasteiger partial charge in [0.1, 0.15) is 0 Å². The van der Waals surface area contributed by atoms with Crippen molar-refractivity contribution in [2.24, 2.45) is 17.6 Å². The molecule has 3 N–H and O–H groups in total. The van der Waals surface area contributed by atoms with E-state index in [9.17, 15) is 4.79 Å². The predicted octanol–water partition coefficient (Wildman–Crippen LogP) is 1.21. The number of hydrogen-bond donors (Lipinski definition) is 2. The van der Waals surface area contributed by atoms with E-state index in [0.717, 1.165) is 32.2 Å². The largest absolute Gasteiger partial charge is 0.387 e. The van der Waals surface area contributed by atoms with E-state index < -0.39 is 0 Å². The number of hydrogen-bond acceptors (Lipinski definition) is 2. The number of carbonyl (C=O) groups excluding carboxylic acids is 1. The maximum atomic E-state index is 11.1. The van der Waals surface area contributed by atoms with Crippen molar-refractivity contribution in [2.45, 2.75) is 32.6 Å². The lowest BCUT2D eigenvalue weighted by Gasteiger charge is -2.31. The highest BCUT2D eigenvalue weighted by molar-refractivity contribution is 5.79. The fourth-order valence-electron chi connectivity index (χ4n) is 2.26. The molecule has 4 heteroatoms. The van der Waals surface area contributed by atoms with Gasteiger partial charge in [-0.3, -0.25) is 10.2 Å². The van der Waals surface area contributed by atoms with E-state index in [1.54, 1.807) is 11.8 Å². The maximum Gasteiger partial charge on any atom is 0.219 e. The molecule has 1 fully saturated rings. The summed E-state index contributed by atoms with van der Waals surface area (Å²) in [5, 5.41) is 7.44. The van der Waals surface area contributed by atoms with Crippen LogP contribution in [0.1, 0.15) is 32.6 Å². The normalized spacial score (nSPS) is 26.0. The zero-order valence-corrected chi connectivity index (χ0v) is 9.62. The van der Waals surface area contributed by atoms with E-state index in [4.69, 9.17) is 11.1 Å². The van der Waals surface area contributed by atoms with Crippen LogP contribution in [0, 0.1) is 17.2 Å². The molecule has 1 rings (SSSR count). The average Bonchev–Trinajstić information content (AvgIpc) is 2.18. The molecule has 1 saturated carbocycles. The van der Waals surface area contributed by atoms with Crippen molar-refractivity contribution in [1.82, 2.24) is 4.90 Å². The maximum absolute atomic E-state index is 11.1. The Hall–Kier alpha value is -1.06. The molecule has 0 aromatic heterocycles. The second-order valence-corrected chi connectivity index (χ2v) is 4.58. The highest BCUT2D eigenvalue weighted by atomic mass is 16.2. The van der Waals surface area contributed by atoms with Crippen molar-refractivity contribution < 1.29 is 4.79 Å². The van der Waals surface area contributed by atoms with Gasteiger partial charge in [0, 0.05) is 26.4 Å². The summed E-state index contributed by atoms with van der Waals surface area (Å²) in [4.78, 5) is 12.8. The van der Waals surface area contributed by atoms with Crippen LogP contribution < -0.4 is 5.73 Å². The van der Waals surface area contributed by atoms with Crippen LogP contribution in [0.15, 0.2) is 0 Å². The van der Waals surface area contributed by atoms with Crippen molar-refractivity contribution in [2.75, 3.05) is 13.6 Å². The van der Waals surface area contributed by atoms with Gasteiger partial charge in [0.05, 0.1) is 5.84 Å². The molecule has 86 valence electrons. The van der Waals surface area contributed by atoms with Gasteiger partial charge in [-0.25, -0.2) is 0 Å². The topological polar surface area (TPSA) is 70.2 Å². The molecule has 0 spiro atoms. The van der Waals surface area contributed by atoms with Gasteiger partial charge in [0.25, 0.3) is 0 Å². The molecule has 0 aliphatic heterocycles. The number of carbonyl (C=O) groups is 1. The van der Waals surface area contributed by atoms with Gasteiger partial charge in [-0.2, -0.15) is 0 Å². The lowest BCUT2D eigenvalue weighted by Crippen LogP contribution is -2.35. The summed E-state index contributed by atoms with van der Waals surface area (Å²) >= 11 is 0. The predicted molar refractivity (Wildman–Crippen MR) is 60.7 cm³/mol. The third-order valence-electron chi connectivity index (χ3n) is 3.29. The van der Waals surface area contributed by atoms with Crippen molar-refractivity contribution in [3.05, 3.63) is 0 Å². The van der Waals surface area contributed by atoms with Crippen LogP contribution in [0.25, 0.3) is 0 Å². The van der Waals surface area contributed by atoms with Gasteiger partial charge in [-0.15, -0.1) is 0 Å². The standard InChI is InChI=1S/C11H21N3O/c1-8(15)14(2)7-9-4-3-5-10(6-9)11(12)13/h9-10H,3-7H2,1-2H3,(H3,12,13). The second kappa shape index (κ2) is 5.14. The lowest BCUT2D eigenvalue weighted by molar-refractivity contribution is -0.128. The fourth-order valence-corrected chi connectivity index (χ4v) is 2.26. The van der Waals surface area contributed by atoms with E-state index in [-0.39, 0.29) is 11.8 Å². The van der Waals surface area contributed by atoms with E-state index in [1.807, 2.05) is 7.05 Å².